The van der Waals surface area contributed by atoms with Gasteiger partial charge in [-0.2, -0.15) is 0 Å². The lowest BCUT2D eigenvalue weighted by Gasteiger charge is -2.38. The Bertz CT molecular complexity index is 188. The average molecular weight is 149 g/mol. The molecule has 0 fully saturated rings. The lowest BCUT2D eigenvalue weighted by Crippen LogP contribution is -2.45. The van der Waals surface area contributed by atoms with Crippen LogP contribution < -0.4 is 0 Å². The normalized spacial score (nSPS) is 17.8. The topological polar surface area (TPSA) is 3.24 Å². The van der Waals surface area contributed by atoms with Crippen molar-refractivity contribution in [2.45, 2.75) is 33.1 Å². The second-order valence-corrected chi connectivity index (χ2v) is 4.05. The summed E-state index contributed by atoms with van der Waals surface area (Å²) in [4.78, 5) is 2.35. The zero-order valence-electron chi connectivity index (χ0n) is 7.83. The van der Waals surface area contributed by atoms with Crippen LogP contribution in [0.2, 0.25) is 6.82 Å². The first-order chi connectivity index (χ1) is 5.02. The number of hydrogen-bond acceptors (Lipinski definition) is 1. The van der Waals surface area contributed by atoms with Gasteiger partial charge >= 0.3 is 0 Å². The van der Waals surface area contributed by atoms with Gasteiger partial charge in [-0.05, 0) is 33.0 Å². The van der Waals surface area contributed by atoms with Crippen LogP contribution in [0.4, 0.5) is 0 Å². The molecule has 1 aliphatic heterocycles. The first-order valence-corrected chi connectivity index (χ1v) is 4.15. The van der Waals surface area contributed by atoms with Gasteiger partial charge in [0.1, 0.15) is 0 Å². The smallest absolute Gasteiger partial charge is 0.277 e. The van der Waals surface area contributed by atoms with E-state index in [1.807, 2.05) is 0 Å². The van der Waals surface area contributed by atoms with Crippen molar-refractivity contribution in [1.29, 1.82) is 0 Å². The highest BCUT2D eigenvalue weighted by molar-refractivity contribution is 6.60. The van der Waals surface area contributed by atoms with Crippen LogP contribution in [0.1, 0.15) is 20.8 Å². The number of hydrogen-bond donors (Lipinski definition) is 0. The maximum absolute atomic E-state index is 2.35. The lowest BCUT2D eigenvalue weighted by atomic mass is 9.60. The molecule has 0 saturated heterocycles. The summed E-state index contributed by atoms with van der Waals surface area (Å²) >= 11 is 0. The van der Waals surface area contributed by atoms with Crippen molar-refractivity contribution in [1.82, 2.24) is 4.81 Å². The van der Waals surface area contributed by atoms with Crippen molar-refractivity contribution < 1.29 is 0 Å². The molecular formula is C9H16BN. The van der Waals surface area contributed by atoms with E-state index in [0.29, 0.717) is 6.85 Å². The minimum atomic E-state index is 0.237. The van der Waals surface area contributed by atoms with Crippen molar-refractivity contribution in [3.05, 3.63) is 24.3 Å². The maximum atomic E-state index is 2.35. The molecule has 0 amide bonds. The van der Waals surface area contributed by atoms with Crippen molar-refractivity contribution in [2.75, 3.05) is 0 Å². The van der Waals surface area contributed by atoms with Crippen LogP contribution in [0.5, 0.6) is 0 Å². The highest BCUT2D eigenvalue weighted by Gasteiger charge is 2.24. The quantitative estimate of drug-likeness (QED) is 0.477. The van der Waals surface area contributed by atoms with Gasteiger partial charge in [0, 0.05) is 5.54 Å². The van der Waals surface area contributed by atoms with Crippen molar-refractivity contribution in [3.8, 4) is 0 Å². The van der Waals surface area contributed by atoms with Gasteiger partial charge in [-0.25, -0.2) is 0 Å². The molecule has 1 aliphatic rings. The largest absolute Gasteiger partial charge is 0.413 e. The monoisotopic (exact) mass is 149 g/mol. The van der Waals surface area contributed by atoms with Gasteiger partial charge in [0.15, 0.2) is 0 Å². The second kappa shape index (κ2) is 2.76. The van der Waals surface area contributed by atoms with Gasteiger partial charge in [0.05, 0.1) is 0 Å². The minimum Gasteiger partial charge on any atom is -0.413 e. The Labute approximate surface area is 69.9 Å². The van der Waals surface area contributed by atoms with Gasteiger partial charge in [-0.1, -0.05) is 18.9 Å². The maximum Gasteiger partial charge on any atom is 0.277 e. The number of nitrogens with zero attached hydrogens (tertiary/aromatic N) is 1. The molecule has 11 heavy (non-hydrogen) atoms. The third kappa shape index (κ3) is 1.89. The van der Waals surface area contributed by atoms with Gasteiger partial charge < -0.3 is 4.81 Å². The van der Waals surface area contributed by atoms with Crippen LogP contribution in [-0.4, -0.2) is 17.2 Å². The predicted octanol–water partition coefficient (Wildman–Crippen LogP) is 2.33. The molecule has 0 radical (unpaired) electrons. The standard InChI is InChI=1S/C9H16BN/c1-9(2,3)11-8-6-5-7-10(11)4/h5-8H,1-4H3. The van der Waals surface area contributed by atoms with Gasteiger partial charge in [0.25, 0.3) is 6.85 Å². The van der Waals surface area contributed by atoms with Crippen LogP contribution in [0.25, 0.3) is 0 Å². The minimum absolute atomic E-state index is 0.237. The first kappa shape index (κ1) is 8.44. The Morgan fingerprint density at radius 1 is 1.18 bits per heavy atom. The third-order valence-corrected chi connectivity index (χ3v) is 1.96. The lowest BCUT2D eigenvalue weighted by molar-refractivity contribution is 0.324. The summed E-state index contributed by atoms with van der Waals surface area (Å²) in [5, 5.41) is 0. The molecule has 1 heterocycles. The molecular weight excluding hydrogens is 133 g/mol. The van der Waals surface area contributed by atoms with Crippen LogP contribution in [0.15, 0.2) is 24.3 Å². The highest BCUT2D eigenvalue weighted by Crippen LogP contribution is 2.18. The summed E-state index contributed by atoms with van der Waals surface area (Å²) < 4.78 is 0. The molecule has 0 atom stereocenters. The Kier molecular flexibility index (Phi) is 2.12. The summed E-state index contributed by atoms with van der Waals surface area (Å²) in [5.74, 6) is 2.21. The van der Waals surface area contributed by atoms with E-state index >= 15 is 0 Å². The van der Waals surface area contributed by atoms with Gasteiger partial charge in [0.2, 0.25) is 0 Å². The molecule has 0 unspecified atom stereocenters. The van der Waals surface area contributed by atoms with Crippen LogP contribution in [-0.2, 0) is 0 Å². The fraction of sp³-hybridized carbons (Fsp3) is 0.556. The number of allylic oxidation sites excluding steroid dienone is 2. The summed E-state index contributed by atoms with van der Waals surface area (Å²) in [6.45, 7) is 9.43. The van der Waals surface area contributed by atoms with Crippen LogP contribution in [0, 0.1) is 0 Å². The van der Waals surface area contributed by atoms with E-state index < -0.39 is 0 Å². The number of rotatable bonds is 0. The van der Waals surface area contributed by atoms with Crippen LogP contribution >= 0.6 is 0 Å². The van der Waals surface area contributed by atoms with Crippen LogP contribution in [0.3, 0.4) is 0 Å². The summed E-state index contributed by atoms with van der Waals surface area (Å²) in [6.07, 6.45) is 6.35. The van der Waals surface area contributed by atoms with Gasteiger partial charge in [-0.3, -0.25) is 0 Å². The van der Waals surface area contributed by atoms with Crippen molar-refractivity contribution >= 4 is 6.85 Å². The molecule has 1 nitrogen and oxygen atoms in total. The molecule has 0 spiro atoms. The Morgan fingerprint density at radius 2 is 1.82 bits per heavy atom. The average Bonchev–Trinajstić information content (AvgIpc) is 1.86. The third-order valence-electron chi connectivity index (χ3n) is 1.96. The Balaban J connectivity index is 2.74. The zero-order valence-corrected chi connectivity index (χ0v) is 7.83. The first-order valence-electron chi connectivity index (χ1n) is 4.15. The van der Waals surface area contributed by atoms with Crippen molar-refractivity contribution in [3.63, 3.8) is 0 Å². The van der Waals surface area contributed by atoms with E-state index in [2.05, 4.69) is 56.7 Å². The highest BCUT2D eigenvalue weighted by atomic mass is 15.1. The summed E-state index contributed by atoms with van der Waals surface area (Å²) in [7, 11) is 0. The molecule has 0 bridgehead atoms. The molecule has 1 rings (SSSR count). The van der Waals surface area contributed by atoms with E-state index in [-0.39, 0.29) is 5.54 Å². The molecule has 0 saturated carbocycles. The van der Waals surface area contributed by atoms with E-state index in [4.69, 9.17) is 0 Å². The fourth-order valence-corrected chi connectivity index (χ4v) is 1.43. The molecule has 0 aromatic carbocycles. The fourth-order valence-electron chi connectivity index (χ4n) is 1.43. The van der Waals surface area contributed by atoms with E-state index in [1.54, 1.807) is 0 Å². The molecule has 0 aromatic heterocycles. The van der Waals surface area contributed by atoms with Gasteiger partial charge in [-0.15, -0.1) is 0 Å². The summed E-state index contributed by atoms with van der Waals surface area (Å²) in [5.41, 5.74) is 0.237. The molecule has 0 aliphatic carbocycles. The van der Waals surface area contributed by atoms with E-state index in [1.165, 1.54) is 0 Å². The molecule has 0 aromatic rings. The zero-order chi connectivity index (χ0) is 8.48. The predicted molar refractivity (Wildman–Crippen MR) is 51.5 cm³/mol. The Hall–Kier alpha value is -0.655. The Morgan fingerprint density at radius 3 is 2.18 bits per heavy atom. The van der Waals surface area contributed by atoms with E-state index in [9.17, 15) is 0 Å². The van der Waals surface area contributed by atoms with E-state index in [0.717, 1.165) is 0 Å². The van der Waals surface area contributed by atoms with Crippen molar-refractivity contribution in [2.24, 2.45) is 0 Å². The molecule has 60 valence electrons. The summed E-state index contributed by atoms with van der Waals surface area (Å²) in [6, 6.07) is 0. The second-order valence-electron chi connectivity index (χ2n) is 4.05. The molecule has 2 heteroatoms. The SMILES string of the molecule is CB1C=CC=CN1C(C)(C)C. The molecule has 0 N–H and O–H groups in total.